The summed E-state index contributed by atoms with van der Waals surface area (Å²) < 4.78 is 17.3. The van der Waals surface area contributed by atoms with Crippen LogP contribution in [0.2, 0.25) is 0 Å². The lowest BCUT2D eigenvalue weighted by molar-refractivity contribution is -0.162. The zero-order chi connectivity index (χ0) is 47.7. The monoisotopic (exact) mass is 905 g/mol. The minimum atomic E-state index is -0.620. The van der Waals surface area contributed by atoms with Gasteiger partial charge in [0.25, 0.3) is 0 Å². The van der Waals surface area contributed by atoms with Crippen molar-refractivity contribution in [1.82, 2.24) is 0 Å². The third-order valence-corrected chi connectivity index (χ3v) is 9.73. The Morgan fingerprint density at radius 2 is 0.636 bits per heavy atom. The summed E-state index contributed by atoms with van der Waals surface area (Å²) in [4.78, 5) is 25.4. The van der Waals surface area contributed by atoms with Crippen LogP contribution in [0.15, 0.2) is 170 Å². The predicted octanol–water partition coefficient (Wildman–Crippen LogP) is 17.7. The highest BCUT2D eigenvalue weighted by atomic mass is 16.6. The van der Waals surface area contributed by atoms with Crippen LogP contribution in [-0.2, 0) is 23.8 Å². The molecule has 0 N–H and O–H groups in total. The van der Waals surface area contributed by atoms with Crippen molar-refractivity contribution in [3.8, 4) is 0 Å². The van der Waals surface area contributed by atoms with Crippen LogP contribution in [0.1, 0.15) is 175 Å². The van der Waals surface area contributed by atoms with E-state index in [1.54, 1.807) is 0 Å². The van der Waals surface area contributed by atoms with Crippen LogP contribution >= 0.6 is 0 Å². The normalized spacial score (nSPS) is 13.7. The topological polar surface area (TPSA) is 61.8 Å². The van der Waals surface area contributed by atoms with E-state index in [0.29, 0.717) is 32.3 Å². The number of ether oxygens (including phenoxy) is 3. The third-order valence-electron chi connectivity index (χ3n) is 9.73. The molecule has 0 rings (SSSR count). The lowest BCUT2D eigenvalue weighted by atomic mass is 10.2. The van der Waals surface area contributed by atoms with E-state index in [9.17, 15) is 9.59 Å². The van der Waals surface area contributed by atoms with Crippen molar-refractivity contribution in [2.75, 3.05) is 19.8 Å². The Morgan fingerprint density at radius 1 is 0.333 bits per heavy atom. The van der Waals surface area contributed by atoms with Crippen molar-refractivity contribution in [1.29, 1.82) is 0 Å². The van der Waals surface area contributed by atoms with Crippen LogP contribution in [0.5, 0.6) is 0 Å². The maximum atomic E-state index is 12.8. The molecule has 5 heteroatoms. The van der Waals surface area contributed by atoms with E-state index < -0.39 is 6.10 Å². The Labute approximate surface area is 405 Å². The summed E-state index contributed by atoms with van der Waals surface area (Å²) in [7, 11) is 0. The van der Waals surface area contributed by atoms with Crippen molar-refractivity contribution in [2.24, 2.45) is 0 Å². The summed E-state index contributed by atoms with van der Waals surface area (Å²) in [6.45, 7) is 7.25. The highest BCUT2D eigenvalue weighted by Crippen LogP contribution is 2.08. The predicted molar refractivity (Wildman–Crippen MR) is 287 cm³/mol. The lowest BCUT2D eigenvalue weighted by Gasteiger charge is -2.18. The molecule has 66 heavy (non-hydrogen) atoms. The van der Waals surface area contributed by atoms with Gasteiger partial charge in [-0.25, -0.2) is 0 Å². The Balaban J connectivity index is 4.57. The van der Waals surface area contributed by atoms with Gasteiger partial charge in [-0.05, 0) is 135 Å². The molecular formula is C61H92O5. The number of hydrogen-bond donors (Lipinski definition) is 0. The fourth-order valence-electron chi connectivity index (χ4n) is 6.04. The van der Waals surface area contributed by atoms with Gasteiger partial charge in [-0.15, -0.1) is 0 Å². The maximum absolute atomic E-state index is 12.8. The maximum Gasteiger partial charge on any atom is 0.306 e. The molecule has 0 radical (unpaired) electrons. The molecule has 0 aromatic heterocycles. The van der Waals surface area contributed by atoms with Gasteiger partial charge in [0.2, 0.25) is 0 Å². The quantitative estimate of drug-likeness (QED) is 0.0346. The van der Waals surface area contributed by atoms with E-state index in [1.165, 1.54) is 0 Å². The molecule has 5 nitrogen and oxygen atoms in total. The number of carbonyl (C=O) groups is 2. The number of rotatable bonds is 44. The van der Waals surface area contributed by atoms with Crippen LogP contribution < -0.4 is 0 Å². The molecule has 0 aromatic carbocycles. The number of carbonyl (C=O) groups excluding carboxylic acids is 2. The van der Waals surface area contributed by atoms with Gasteiger partial charge in [0.05, 0.1) is 6.61 Å². The van der Waals surface area contributed by atoms with Crippen LogP contribution in [0.25, 0.3) is 0 Å². The highest BCUT2D eigenvalue weighted by Gasteiger charge is 2.17. The zero-order valence-electron chi connectivity index (χ0n) is 41.9. The average molecular weight is 905 g/mol. The van der Waals surface area contributed by atoms with Crippen molar-refractivity contribution in [3.63, 3.8) is 0 Å². The second-order valence-electron chi connectivity index (χ2n) is 15.9. The van der Waals surface area contributed by atoms with Gasteiger partial charge < -0.3 is 14.2 Å². The largest absolute Gasteiger partial charge is 0.462 e. The van der Waals surface area contributed by atoms with E-state index in [2.05, 4.69) is 191 Å². The van der Waals surface area contributed by atoms with E-state index >= 15 is 0 Å². The molecule has 0 saturated carbocycles. The molecule has 0 fully saturated rings. The lowest BCUT2D eigenvalue weighted by Crippen LogP contribution is -2.30. The van der Waals surface area contributed by atoms with E-state index in [-0.39, 0.29) is 25.2 Å². The van der Waals surface area contributed by atoms with Gasteiger partial charge in [-0.1, -0.05) is 197 Å². The summed E-state index contributed by atoms with van der Waals surface area (Å²) in [5, 5.41) is 0. The zero-order valence-corrected chi connectivity index (χ0v) is 41.9. The molecule has 366 valence electrons. The molecule has 1 unspecified atom stereocenters. The summed E-state index contributed by atoms with van der Waals surface area (Å²) in [5.74, 6) is -0.569. The van der Waals surface area contributed by atoms with Crippen molar-refractivity contribution in [3.05, 3.63) is 170 Å². The molecule has 0 spiro atoms. The van der Waals surface area contributed by atoms with Gasteiger partial charge in [0.15, 0.2) is 6.10 Å². The highest BCUT2D eigenvalue weighted by molar-refractivity contribution is 5.70. The second-order valence-corrected chi connectivity index (χ2v) is 15.9. The summed E-state index contributed by atoms with van der Waals surface area (Å²) in [6, 6.07) is 0. The first-order chi connectivity index (χ1) is 32.6. The number of unbranched alkanes of at least 4 members (excludes halogenated alkanes) is 5. The van der Waals surface area contributed by atoms with Crippen molar-refractivity contribution < 1.29 is 23.8 Å². The fraction of sp³-hybridized carbons (Fsp3) is 0.508. The van der Waals surface area contributed by atoms with Gasteiger partial charge in [0.1, 0.15) is 6.61 Å². The Kier molecular flexibility index (Phi) is 50.7. The first-order valence-corrected chi connectivity index (χ1v) is 25.7. The first-order valence-electron chi connectivity index (χ1n) is 25.7. The van der Waals surface area contributed by atoms with Crippen molar-refractivity contribution >= 4 is 11.9 Å². The third kappa shape index (κ3) is 51.9. The molecule has 0 aliphatic rings. The number of hydrogen-bond acceptors (Lipinski definition) is 5. The van der Waals surface area contributed by atoms with Crippen LogP contribution in [0.4, 0.5) is 0 Å². The minimum absolute atomic E-state index is 0.00679. The molecule has 0 aliphatic carbocycles. The van der Waals surface area contributed by atoms with Gasteiger partial charge in [0, 0.05) is 19.4 Å². The van der Waals surface area contributed by atoms with Crippen molar-refractivity contribution in [2.45, 2.75) is 181 Å². The van der Waals surface area contributed by atoms with Crippen LogP contribution in [-0.4, -0.2) is 37.9 Å². The smallest absolute Gasteiger partial charge is 0.306 e. The molecule has 1 atom stereocenters. The molecule has 0 aliphatic heterocycles. The molecule has 0 bridgehead atoms. The van der Waals surface area contributed by atoms with E-state index in [4.69, 9.17) is 14.2 Å². The summed E-state index contributed by atoms with van der Waals surface area (Å²) in [5.41, 5.74) is 0. The summed E-state index contributed by atoms with van der Waals surface area (Å²) in [6.07, 6.45) is 82.3. The first kappa shape index (κ1) is 61.3. The number of esters is 2. The standard InChI is InChI=1S/C61H92O5/c1-4-7-10-13-16-19-22-25-28-31-33-36-39-42-45-48-51-54-60(62)65-58-59(57-64-56-53-50-47-44-41-38-35-30-27-24-21-18-15-12-9-6-3)66-61(63)55-52-49-46-43-40-37-34-32-29-26-23-20-17-14-11-8-5-2/h7-12,16-21,25-30,33-34,36-38,41-43,45-46,59H,4-6,13-15,22-24,31-32,35,39-40,44,47-58H2,1-3H3/b10-7-,11-8-,12-9-,19-16-,20-17-,21-18-,28-25-,29-26-,30-27-,36-33-,37-34-,41-38-,45-42-,46-43-. The Hall–Kier alpha value is -4.74. The second kappa shape index (κ2) is 54.6. The average Bonchev–Trinajstić information content (AvgIpc) is 3.32. The van der Waals surface area contributed by atoms with E-state index in [0.717, 1.165) is 128 Å². The Morgan fingerprint density at radius 3 is 0.985 bits per heavy atom. The SMILES string of the molecule is CC/C=C\C/C=C\C/C=C\C/C=C\C/C=C\CCCC(=O)OCC(COCCCCC/C=C\C/C=C\C/C=C\C/C=C\CC)OC(=O)CCC/C=C\C/C=C\C/C=C\C/C=C\C/C=C\CC. The Bertz CT molecular complexity index is 1540. The van der Waals surface area contributed by atoms with Gasteiger partial charge in [-0.2, -0.15) is 0 Å². The fourth-order valence-corrected chi connectivity index (χ4v) is 6.04. The van der Waals surface area contributed by atoms with Crippen LogP contribution in [0.3, 0.4) is 0 Å². The van der Waals surface area contributed by atoms with Gasteiger partial charge in [-0.3, -0.25) is 9.59 Å². The molecule has 0 heterocycles. The molecule has 0 aromatic rings. The van der Waals surface area contributed by atoms with Crippen LogP contribution in [0, 0.1) is 0 Å². The molecule has 0 amide bonds. The molecule has 0 saturated heterocycles. The molecular weight excluding hydrogens is 813 g/mol. The van der Waals surface area contributed by atoms with E-state index in [1.807, 2.05) is 0 Å². The number of allylic oxidation sites excluding steroid dienone is 28. The van der Waals surface area contributed by atoms with Gasteiger partial charge >= 0.3 is 11.9 Å². The summed E-state index contributed by atoms with van der Waals surface area (Å²) >= 11 is 0. The minimum Gasteiger partial charge on any atom is -0.462 e.